The molecule has 0 N–H and O–H groups in total. The smallest absolute Gasteiger partial charge is 0.365 e. The van der Waals surface area contributed by atoms with Gasteiger partial charge in [0.05, 0.1) is 13.1 Å². The third-order valence-corrected chi connectivity index (χ3v) is 3.24. The lowest BCUT2D eigenvalue weighted by molar-refractivity contribution is -0.277. The van der Waals surface area contributed by atoms with E-state index in [1.165, 1.54) is 6.92 Å². The number of hydrogen-bond donors (Lipinski definition) is 0. The summed E-state index contributed by atoms with van der Waals surface area (Å²) in [6.45, 7) is 0.0212. The van der Waals surface area contributed by atoms with Gasteiger partial charge in [-0.05, 0) is 6.92 Å². The molecule has 1 aromatic rings. The SMILES string of the molecule is COC1(C(F)(F)F)CN(c2cc(C(F)(F)F)nc(C)n2)C1. The number of ether oxygens (including phenoxy) is 1. The van der Waals surface area contributed by atoms with Gasteiger partial charge in [0, 0.05) is 13.2 Å². The molecule has 2 rings (SSSR count). The molecule has 21 heavy (non-hydrogen) atoms. The van der Waals surface area contributed by atoms with E-state index in [4.69, 9.17) is 0 Å². The Morgan fingerprint density at radius 1 is 1.14 bits per heavy atom. The second-order valence-corrected chi connectivity index (χ2v) is 4.71. The van der Waals surface area contributed by atoms with Crippen LogP contribution < -0.4 is 4.90 Å². The maximum absolute atomic E-state index is 12.8. The molecule has 0 atom stereocenters. The maximum atomic E-state index is 12.8. The molecule has 0 bridgehead atoms. The monoisotopic (exact) mass is 315 g/mol. The fraction of sp³-hybridized carbons (Fsp3) is 0.636. The molecule has 0 saturated carbocycles. The topological polar surface area (TPSA) is 38.2 Å². The van der Waals surface area contributed by atoms with Gasteiger partial charge in [-0.1, -0.05) is 0 Å². The number of rotatable bonds is 2. The predicted molar refractivity (Wildman–Crippen MR) is 59.8 cm³/mol. The summed E-state index contributed by atoms with van der Waals surface area (Å²) in [7, 11) is 0.914. The number of aryl methyl sites for hydroxylation is 1. The first-order valence-corrected chi connectivity index (χ1v) is 5.78. The van der Waals surface area contributed by atoms with Crippen LogP contribution in [-0.2, 0) is 10.9 Å². The van der Waals surface area contributed by atoms with Crippen LogP contribution in [0.5, 0.6) is 0 Å². The van der Waals surface area contributed by atoms with Crippen LogP contribution in [0.4, 0.5) is 32.2 Å². The van der Waals surface area contributed by atoms with Gasteiger partial charge in [0.25, 0.3) is 0 Å². The lowest BCUT2D eigenvalue weighted by atomic mass is 9.93. The Kier molecular flexibility index (Phi) is 3.55. The molecule has 0 amide bonds. The van der Waals surface area contributed by atoms with E-state index in [0.29, 0.717) is 6.07 Å². The Bertz CT molecular complexity index is 536. The molecule has 0 radical (unpaired) electrons. The predicted octanol–water partition coefficient (Wildman–Crippen LogP) is 2.57. The van der Waals surface area contributed by atoms with Crippen LogP contribution in [0.25, 0.3) is 0 Å². The summed E-state index contributed by atoms with van der Waals surface area (Å²) in [5, 5.41) is 0. The number of halogens is 6. The molecule has 2 heterocycles. The van der Waals surface area contributed by atoms with E-state index in [1.807, 2.05) is 0 Å². The lowest BCUT2D eigenvalue weighted by Gasteiger charge is -2.49. The molecule has 1 aliphatic heterocycles. The van der Waals surface area contributed by atoms with Crippen molar-refractivity contribution in [3.63, 3.8) is 0 Å². The van der Waals surface area contributed by atoms with Crippen molar-refractivity contribution in [1.82, 2.24) is 9.97 Å². The highest BCUT2D eigenvalue weighted by atomic mass is 19.4. The number of nitrogens with zero attached hydrogens (tertiary/aromatic N) is 3. The standard InChI is InChI=1S/C11H11F6N3O/c1-6-18-7(10(12,13)14)3-8(19-6)20-4-9(5-20,21-2)11(15,16)17/h3H,4-5H2,1-2H3. The number of aromatic nitrogens is 2. The number of anilines is 1. The van der Waals surface area contributed by atoms with Crippen LogP contribution in [0, 0.1) is 6.92 Å². The summed E-state index contributed by atoms with van der Waals surface area (Å²) < 4.78 is 80.9. The summed E-state index contributed by atoms with van der Waals surface area (Å²) in [4.78, 5) is 8.05. The zero-order valence-electron chi connectivity index (χ0n) is 11.0. The van der Waals surface area contributed by atoms with Crippen LogP contribution in [0.1, 0.15) is 11.5 Å². The molecule has 1 saturated heterocycles. The van der Waals surface area contributed by atoms with Crippen molar-refractivity contribution in [2.75, 3.05) is 25.1 Å². The van der Waals surface area contributed by atoms with Crippen molar-refractivity contribution in [3.8, 4) is 0 Å². The van der Waals surface area contributed by atoms with Gasteiger partial charge in [-0.15, -0.1) is 0 Å². The Labute approximate surface area is 115 Å². The van der Waals surface area contributed by atoms with Crippen molar-refractivity contribution >= 4 is 5.82 Å². The van der Waals surface area contributed by atoms with E-state index >= 15 is 0 Å². The Hall–Kier alpha value is -1.58. The van der Waals surface area contributed by atoms with Gasteiger partial charge in [0.1, 0.15) is 17.3 Å². The number of methoxy groups -OCH3 is 1. The van der Waals surface area contributed by atoms with E-state index < -0.39 is 36.7 Å². The van der Waals surface area contributed by atoms with Crippen LogP contribution in [0.15, 0.2) is 6.07 Å². The van der Waals surface area contributed by atoms with Gasteiger partial charge in [0.2, 0.25) is 0 Å². The second-order valence-electron chi connectivity index (χ2n) is 4.71. The Balaban J connectivity index is 2.25. The molecule has 1 aromatic heterocycles. The summed E-state index contributed by atoms with van der Waals surface area (Å²) in [5.41, 5.74) is -3.56. The molecule has 1 aliphatic rings. The quantitative estimate of drug-likeness (QED) is 0.786. The van der Waals surface area contributed by atoms with E-state index in [2.05, 4.69) is 14.7 Å². The summed E-state index contributed by atoms with van der Waals surface area (Å²) in [6.07, 6.45) is -9.29. The van der Waals surface area contributed by atoms with Crippen molar-refractivity contribution in [2.24, 2.45) is 0 Å². The number of hydrogen-bond acceptors (Lipinski definition) is 4. The highest BCUT2D eigenvalue weighted by molar-refractivity contribution is 5.46. The minimum Gasteiger partial charge on any atom is -0.365 e. The van der Waals surface area contributed by atoms with E-state index in [9.17, 15) is 26.3 Å². The van der Waals surface area contributed by atoms with Crippen molar-refractivity contribution in [1.29, 1.82) is 0 Å². The minimum absolute atomic E-state index is 0.165. The van der Waals surface area contributed by atoms with Crippen LogP contribution in [0.3, 0.4) is 0 Å². The minimum atomic E-state index is -4.68. The normalized spacial score (nSPS) is 18.6. The summed E-state index contributed by atoms with van der Waals surface area (Å²) >= 11 is 0. The largest absolute Gasteiger partial charge is 0.433 e. The van der Waals surface area contributed by atoms with Gasteiger partial charge in [-0.3, -0.25) is 0 Å². The molecule has 0 unspecified atom stereocenters. The zero-order valence-corrected chi connectivity index (χ0v) is 11.0. The van der Waals surface area contributed by atoms with E-state index in [1.54, 1.807) is 0 Å². The highest BCUT2D eigenvalue weighted by Gasteiger charge is 2.63. The Morgan fingerprint density at radius 2 is 1.71 bits per heavy atom. The second kappa shape index (κ2) is 4.72. The lowest BCUT2D eigenvalue weighted by Crippen LogP contribution is -2.70. The fourth-order valence-corrected chi connectivity index (χ4v) is 2.02. The first-order valence-electron chi connectivity index (χ1n) is 5.78. The van der Waals surface area contributed by atoms with Crippen molar-refractivity contribution in [3.05, 3.63) is 17.6 Å². The van der Waals surface area contributed by atoms with Crippen LogP contribution in [0.2, 0.25) is 0 Å². The molecule has 1 fully saturated rings. The maximum Gasteiger partial charge on any atom is 0.433 e. The van der Waals surface area contributed by atoms with Crippen molar-refractivity contribution < 1.29 is 31.1 Å². The average molecular weight is 315 g/mol. The first-order chi connectivity index (χ1) is 9.48. The van der Waals surface area contributed by atoms with Gasteiger partial charge in [0.15, 0.2) is 5.60 Å². The van der Waals surface area contributed by atoms with Gasteiger partial charge in [-0.2, -0.15) is 26.3 Å². The van der Waals surface area contributed by atoms with Crippen LogP contribution in [-0.4, -0.2) is 41.9 Å². The highest BCUT2D eigenvalue weighted by Crippen LogP contribution is 2.42. The zero-order chi connectivity index (χ0) is 16.1. The molecule has 4 nitrogen and oxygen atoms in total. The summed E-state index contributed by atoms with van der Waals surface area (Å²) in [5.74, 6) is -0.367. The molecule has 118 valence electrons. The molecular formula is C11H11F6N3O. The van der Waals surface area contributed by atoms with E-state index in [0.717, 1.165) is 12.0 Å². The molecule has 10 heteroatoms. The molecular weight excluding hydrogens is 304 g/mol. The van der Waals surface area contributed by atoms with Crippen molar-refractivity contribution in [2.45, 2.75) is 24.9 Å². The third-order valence-electron chi connectivity index (χ3n) is 3.24. The van der Waals surface area contributed by atoms with Gasteiger partial charge in [-0.25, -0.2) is 9.97 Å². The molecule has 0 aromatic carbocycles. The summed E-state index contributed by atoms with van der Waals surface area (Å²) in [6, 6.07) is 0.628. The Morgan fingerprint density at radius 3 is 2.14 bits per heavy atom. The first kappa shape index (κ1) is 15.8. The molecule has 0 spiro atoms. The fourth-order valence-electron chi connectivity index (χ4n) is 2.02. The van der Waals surface area contributed by atoms with Gasteiger partial charge < -0.3 is 9.64 Å². The number of alkyl halides is 6. The van der Waals surface area contributed by atoms with Crippen LogP contribution >= 0.6 is 0 Å². The third kappa shape index (κ3) is 2.76. The van der Waals surface area contributed by atoms with E-state index in [-0.39, 0.29) is 11.6 Å². The molecule has 0 aliphatic carbocycles. The van der Waals surface area contributed by atoms with Gasteiger partial charge >= 0.3 is 12.4 Å². The average Bonchev–Trinajstić information content (AvgIpc) is 2.24.